The second kappa shape index (κ2) is 8.70. The molecule has 1 heterocycles. The van der Waals surface area contributed by atoms with Crippen molar-refractivity contribution < 1.29 is 9.18 Å². The molecule has 0 amide bonds. The van der Waals surface area contributed by atoms with Gasteiger partial charge in [0.15, 0.2) is 5.78 Å². The van der Waals surface area contributed by atoms with Crippen molar-refractivity contribution >= 4 is 21.7 Å². The first-order chi connectivity index (χ1) is 12.1. The number of nitrogens with zero attached hydrogens (tertiary/aromatic N) is 1. The highest BCUT2D eigenvalue weighted by molar-refractivity contribution is 9.10. The number of rotatable bonds is 6. The van der Waals surface area contributed by atoms with Crippen LogP contribution in [-0.4, -0.2) is 42.9 Å². The molecule has 1 atom stereocenters. The van der Waals surface area contributed by atoms with E-state index in [1.807, 2.05) is 6.07 Å². The molecule has 1 N–H and O–H groups in total. The second-order valence-electron chi connectivity index (χ2n) is 6.39. The molecule has 25 heavy (non-hydrogen) atoms. The van der Waals surface area contributed by atoms with E-state index in [0.717, 1.165) is 32.6 Å². The van der Waals surface area contributed by atoms with Gasteiger partial charge in [-0.3, -0.25) is 9.69 Å². The first kappa shape index (κ1) is 18.2. The molecule has 3 nitrogen and oxygen atoms in total. The van der Waals surface area contributed by atoms with E-state index >= 15 is 0 Å². The first-order valence-electron chi connectivity index (χ1n) is 8.60. The molecule has 1 aliphatic rings. The Labute approximate surface area is 156 Å². The average Bonchev–Trinajstić information content (AvgIpc) is 2.64. The monoisotopic (exact) mass is 404 g/mol. The molecule has 0 saturated carbocycles. The van der Waals surface area contributed by atoms with Crippen LogP contribution in [0.4, 0.5) is 4.39 Å². The molecule has 1 aliphatic heterocycles. The summed E-state index contributed by atoms with van der Waals surface area (Å²) in [5, 5.41) is 3.44. The fraction of sp³-hybridized carbons (Fsp3) is 0.350. The first-order valence-corrected chi connectivity index (χ1v) is 9.40. The third kappa shape index (κ3) is 4.97. The third-order valence-corrected chi connectivity index (χ3v) is 5.26. The van der Waals surface area contributed by atoms with Crippen molar-refractivity contribution in [3.8, 4) is 0 Å². The Hall–Kier alpha value is -1.56. The van der Waals surface area contributed by atoms with Crippen LogP contribution in [0.1, 0.15) is 22.3 Å². The Morgan fingerprint density at radius 1 is 1.24 bits per heavy atom. The molecule has 132 valence electrons. The zero-order valence-electron chi connectivity index (χ0n) is 14.1. The number of piperazine rings is 1. The van der Waals surface area contributed by atoms with Gasteiger partial charge in [0, 0.05) is 44.2 Å². The van der Waals surface area contributed by atoms with Gasteiger partial charge in [0.05, 0.1) is 4.47 Å². The van der Waals surface area contributed by atoms with Crippen molar-refractivity contribution in [2.24, 2.45) is 0 Å². The second-order valence-corrected chi connectivity index (χ2v) is 7.24. The molecule has 1 saturated heterocycles. The summed E-state index contributed by atoms with van der Waals surface area (Å²) in [6.45, 7) is 3.55. The zero-order valence-corrected chi connectivity index (χ0v) is 15.6. The molecule has 0 aliphatic carbocycles. The predicted octanol–water partition coefficient (Wildman–Crippen LogP) is 3.68. The van der Waals surface area contributed by atoms with Crippen LogP contribution < -0.4 is 5.32 Å². The van der Waals surface area contributed by atoms with Gasteiger partial charge in [-0.05, 0) is 46.1 Å². The fourth-order valence-electron chi connectivity index (χ4n) is 3.24. The lowest BCUT2D eigenvalue weighted by Gasteiger charge is -2.36. The molecule has 2 aromatic rings. The number of hydrogen-bond donors (Lipinski definition) is 1. The Kier molecular flexibility index (Phi) is 6.34. The Bertz CT molecular complexity index is 723. The lowest BCUT2D eigenvalue weighted by molar-refractivity contribution is 0.0935. The molecule has 0 aromatic heterocycles. The van der Waals surface area contributed by atoms with E-state index in [-0.39, 0.29) is 11.6 Å². The van der Waals surface area contributed by atoms with Gasteiger partial charge >= 0.3 is 0 Å². The summed E-state index contributed by atoms with van der Waals surface area (Å²) < 4.78 is 13.7. The Morgan fingerprint density at radius 2 is 2.04 bits per heavy atom. The van der Waals surface area contributed by atoms with Crippen LogP contribution in [-0.2, 0) is 6.42 Å². The Morgan fingerprint density at radius 3 is 2.80 bits per heavy atom. The van der Waals surface area contributed by atoms with Gasteiger partial charge in [-0.1, -0.05) is 30.3 Å². The van der Waals surface area contributed by atoms with Gasteiger partial charge in [0.2, 0.25) is 0 Å². The molecule has 5 heteroatoms. The van der Waals surface area contributed by atoms with Crippen molar-refractivity contribution in [1.29, 1.82) is 0 Å². The maximum atomic E-state index is 13.3. The van der Waals surface area contributed by atoms with Crippen molar-refractivity contribution in [3.05, 3.63) is 69.9 Å². The normalized spacial score (nSPS) is 18.2. The summed E-state index contributed by atoms with van der Waals surface area (Å²) in [7, 11) is 0. The molecular formula is C20H22BrFN2O. The summed E-state index contributed by atoms with van der Waals surface area (Å²) >= 11 is 3.14. The van der Waals surface area contributed by atoms with Crippen LogP contribution in [0.25, 0.3) is 0 Å². The van der Waals surface area contributed by atoms with Crippen LogP contribution in [0.15, 0.2) is 53.0 Å². The number of nitrogens with one attached hydrogen (secondary N) is 1. The van der Waals surface area contributed by atoms with Crippen LogP contribution in [0.3, 0.4) is 0 Å². The highest BCUT2D eigenvalue weighted by atomic mass is 79.9. The molecule has 1 unspecified atom stereocenters. The lowest BCUT2D eigenvalue weighted by Crippen LogP contribution is -2.52. The predicted molar refractivity (Wildman–Crippen MR) is 101 cm³/mol. The molecule has 0 spiro atoms. The molecule has 0 bridgehead atoms. The SMILES string of the molecule is O=C(CCN1CCNCC1Cc1ccccc1)c1ccc(F)c(Br)c1. The minimum Gasteiger partial charge on any atom is -0.314 e. The maximum Gasteiger partial charge on any atom is 0.164 e. The number of ketones is 1. The van der Waals surface area contributed by atoms with Crippen molar-refractivity contribution in [3.63, 3.8) is 0 Å². The molecule has 3 rings (SSSR count). The molecule has 1 fully saturated rings. The smallest absolute Gasteiger partial charge is 0.164 e. The number of Topliss-reactive ketones (excluding diaryl/α,β-unsaturated/α-hetero) is 1. The van der Waals surface area contributed by atoms with Gasteiger partial charge in [0.25, 0.3) is 0 Å². The van der Waals surface area contributed by atoms with Crippen molar-refractivity contribution in [2.75, 3.05) is 26.2 Å². The number of halogens is 2. The summed E-state index contributed by atoms with van der Waals surface area (Å²) in [4.78, 5) is 14.8. The van der Waals surface area contributed by atoms with E-state index in [2.05, 4.69) is 50.4 Å². The lowest BCUT2D eigenvalue weighted by atomic mass is 10.0. The van der Waals surface area contributed by atoms with Gasteiger partial charge in [-0.25, -0.2) is 4.39 Å². The van der Waals surface area contributed by atoms with E-state index in [1.54, 1.807) is 12.1 Å². The molecular weight excluding hydrogens is 383 g/mol. The van der Waals surface area contributed by atoms with E-state index in [4.69, 9.17) is 0 Å². The Balaban J connectivity index is 1.59. The number of carbonyl (C=O) groups excluding carboxylic acids is 1. The van der Waals surface area contributed by atoms with E-state index in [1.165, 1.54) is 11.6 Å². The van der Waals surface area contributed by atoms with Gasteiger partial charge in [-0.15, -0.1) is 0 Å². The quantitative estimate of drug-likeness (QED) is 0.745. The zero-order chi connectivity index (χ0) is 17.6. The summed E-state index contributed by atoms with van der Waals surface area (Å²) in [6.07, 6.45) is 1.42. The largest absolute Gasteiger partial charge is 0.314 e. The fourth-order valence-corrected chi connectivity index (χ4v) is 3.62. The number of benzene rings is 2. The van der Waals surface area contributed by atoms with Gasteiger partial charge < -0.3 is 5.32 Å². The summed E-state index contributed by atoms with van der Waals surface area (Å²) in [6, 6.07) is 15.3. The highest BCUT2D eigenvalue weighted by Crippen LogP contribution is 2.18. The van der Waals surface area contributed by atoms with E-state index in [9.17, 15) is 9.18 Å². The topological polar surface area (TPSA) is 32.3 Å². The summed E-state index contributed by atoms with van der Waals surface area (Å²) in [5.41, 5.74) is 1.87. The van der Waals surface area contributed by atoms with E-state index in [0.29, 0.717) is 22.5 Å². The molecule has 0 radical (unpaired) electrons. The minimum absolute atomic E-state index is 0.0534. The summed E-state index contributed by atoms with van der Waals surface area (Å²) in [5.74, 6) is -0.292. The minimum atomic E-state index is -0.346. The third-order valence-electron chi connectivity index (χ3n) is 4.65. The van der Waals surface area contributed by atoms with Crippen molar-refractivity contribution in [1.82, 2.24) is 10.2 Å². The number of hydrogen-bond acceptors (Lipinski definition) is 3. The average molecular weight is 405 g/mol. The van der Waals surface area contributed by atoms with Gasteiger partial charge in [0.1, 0.15) is 5.82 Å². The van der Waals surface area contributed by atoms with Crippen LogP contribution in [0, 0.1) is 5.82 Å². The van der Waals surface area contributed by atoms with Crippen LogP contribution in [0.5, 0.6) is 0 Å². The maximum absolute atomic E-state index is 13.3. The van der Waals surface area contributed by atoms with Crippen LogP contribution in [0.2, 0.25) is 0 Å². The number of carbonyl (C=O) groups is 1. The van der Waals surface area contributed by atoms with Crippen LogP contribution >= 0.6 is 15.9 Å². The highest BCUT2D eigenvalue weighted by Gasteiger charge is 2.23. The standard InChI is InChI=1S/C20H22BrFN2O/c21-18-13-16(6-7-19(18)22)20(25)8-10-24-11-9-23-14-17(24)12-15-4-2-1-3-5-15/h1-7,13,17,23H,8-12,14H2. The van der Waals surface area contributed by atoms with Gasteiger partial charge in [-0.2, -0.15) is 0 Å². The van der Waals surface area contributed by atoms with Crippen molar-refractivity contribution in [2.45, 2.75) is 18.9 Å². The van der Waals surface area contributed by atoms with E-state index < -0.39 is 0 Å². The molecule has 2 aromatic carbocycles.